The van der Waals surface area contributed by atoms with E-state index in [4.69, 9.17) is 9.57 Å². The van der Waals surface area contributed by atoms with E-state index in [1.54, 1.807) is 0 Å². The van der Waals surface area contributed by atoms with Crippen LogP contribution in [-0.2, 0) is 22.7 Å². The number of hydroxylamine groups is 1. The standard InChI is InChI=1S/C16H15NO3/c18-16(17-19-11-12-6-2-1-3-7-12)15-10-13-8-4-5-9-14(13)20-15/h1-9,15H,10-11H2,(H,17,18)/t15-/m0/s1. The van der Waals surface area contributed by atoms with Crippen molar-refractivity contribution in [3.05, 3.63) is 65.7 Å². The van der Waals surface area contributed by atoms with Crippen LogP contribution in [0.1, 0.15) is 11.1 Å². The highest BCUT2D eigenvalue weighted by molar-refractivity contribution is 5.81. The van der Waals surface area contributed by atoms with Crippen molar-refractivity contribution in [3.63, 3.8) is 0 Å². The number of para-hydroxylation sites is 1. The normalized spacial score (nSPS) is 16.3. The Labute approximate surface area is 117 Å². The van der Waals surface area contributed by atoms with Gasteiger partial charge in [0, 0.05) is 6.42 Å². The summed E-state index contributed by atoms with van der Waals surface area (Å²) in [6.07, 6.45) is 0.0691. The number of rotatable bonds is 4. The first-order chi connectivity index (χ1) is 9.83. The van der Waals surface area contributed by atoms with E-state index in [0.29, 0.717) is 13.0 Å². The van der Waals surface area contributed by atoms with E-state index in [1.807, 2.05) is 54.6 Å². The maximum absolute atomic E-state index is 11.9. The van der Waals surface area contributed by atoms with Gasteiger partial charge in [-0.05, 0) is 17.2 Å². The molecule has 0 spiro atoms. The topological polar surface area (TPSA) is 47.6 Å². The van der Waals surface area contributed by atoms with Gasteiger partial charge in [0.1, 0.15) is 5.75 Å². The van der Waals surface area contributed by atoms with Crippen molar-refractivity contribution in [2.24, 2.45) is 0 Å². The Balaban J connectivity index is 1.49. The van der Waals surface area contributed by atoms with Crippen molar-refractivity contribution in [3.8, 4) is 5.75 Å². The summed E-state index contributed by atoms with van der Waals surface area (Å²) in [6, 6.07) is 17.3. The van der Waals surface area contributed by atoms with E-state index in [9.17, 15) is 4.79 Å². The maximum Gasteiger partial charge on any atom is 0.284 e. The summed E-state index contributed by atoms with van der Waals surface area (Å²) in [6.45, 7) is 0.340. The van der Waals surface area contributed by atoms with Crippen LogP contribution in [0.15, 0.2) is 54.6 Å². The lowest BCUT2D eigenvalue weighted by atomic mass is 10.1. The Hall–Kier alpha value is -2.33. The number of amides is 1. The summed E-state index contributed by atoms with van der Waals surface area (Å²) in [5, 5.41) is 0. The quantitative estimate of drug-likeness (QED) is 0.866. The van der Waals surface area contributed by atoms with Crippen molar-refractivity contribution in [1.29, 1.82) is 0 Å². The summed E-state index contributed by atoms with van der Waals surface area (Å²) < 4.78 is 5.58. The first-order valence-corrected chi connectivity index (χ1v) is 6.53. The minimum atomic E-state index is -0.511. The van der Waals surface area contributed by atoms with Gasteiger partial charge < -0.3 is 4.74 Å². The number of fused-ring (bicyclic) bond motifs is 1. The summed E-state index contributed by atoms with van der Waals surface area (Å²) in [5.74, 6) is 0.521. The summed E-state index contributed by atoms with van der Waals surface area (Å²) in [4.78, 5) is 17.2. The number of hydrogen-bond donors (Lipinski definition) is 1. The maximum atomic E-state index is 11.9. The Morgan fingerprint density at radius 3 is 2.70 bits per heavy atom. The first-order valence-electron chi connectivity index (χ1n) is 6.53. The molecule has 4 nitrogen and oxygen atoms in total. The Bertz CT molecular complexity index is 573. The highest BCUT2D eigenvalue weighted by Crippen LogP contribution is 2.28. The van der Waals surface area contributed by atoms with Crippen LogP contribution in [0, 0.1) is 0 Å². The molecule has 0 unspecified atom stereocenters. The zero-order valence-electron chi connectivity index (χ0n) is 10.9. The smallest absolute Gasteiger partial charge is 0.284 e. The number of carbonyl (C=O) groups is 1. The molecule has 1 N–H and O–H groups in total. The van der Waals surface area contributed by atoms with Crippen LogP contribution >= 0.6 is 0 Å². The van der Waals surface area contributed by atoms with Crippen molar-refractivity contribution in [2.75, 3.05) is 0 Å². The van der Waals surface area contributed by atoms with E-state index in [-0.39, 0.29) is 5.91 Å². The van der Waals surface area contributed by atoms with Crippen LogP contribution in [0.4, 0.5) is 0 Å². The predicted molar refractivity (Wildman–Crippen MR) is 73.9 cm³/mol. The summed E-state index contributed by atoms with van der Waals surface area (Å²) in [7, 11) is 0. The van der Waals surface area contributed by atoms with Gasteiger partial charge in [0.15, 0.2) is 6.10 Å². The largest absolute Gasteiger partial charge is 0.480 e. The molecule has 0 aliphatic carbocycles. The molecule has 0 bridgehead atoms. The van der Waals surface area contributed by atoms with Crippen LogP contribution in [-0.4, -0.2) is 12.0 Å². The third-order valence-electron chi connectivity index (χ3n) is 3.19. The second-order valence-electron chi connectivity index (χ2n) is 4.66. The fourth-order valence-corrected chi connectivity index (χ4v) is 2.16. The number of nitrogens with one attached hydrogen (secondary N) is 1. The highest BCUT2D eigenvalue weighted by Gasteiger charge is 2.28. The molecule has 3 rings (SSSR count). The highest BCUT2D eigenvalue weighted by atomic mass is 16.7. The minimum absolute atomic E-state index is 0.253. The van der Waals surface area contributed by atoms with Crippen LogP contribution in [0.5, 0.6) is 5.75 Å². The number of benzene rings is 2. The second-order valence-corrected chi connectivity index (χ2v) is 4.66. The number of carbonyl (C=O) groups excluding carboxylic acids is 1. The molecule has 102 valence electrons. The van der Waals surface area contributed by atoms with Crippen LogP contribution < -0.4 is 10.2 Å². The predicted octanol–water partition coefficient (Wildman–Crippen LogP) is 2.24. The van der Waals surface area contributed by atoms with Gasteiger partial charge in [-0.2, -0.15) is 0 Å². The molecule has 1 heterocycles. The van der Waals surface area contributed by atoms with E-state index >= 15 is 0 Å². The van der Waals surface area contributed by atoms with Crippen LogP contribution in [0.2, 0.25) is 0 Å². The Kier molecular flexibility index (Phi) is 3.65. The lowest BCUT2D eigenvalue weighted by Crippen LogP contribution is -2.37. The molecule has 2 aromatic carbocycles. The Morgan fingerprint density at radius 1 is 1.15 bits per heavy atom. The molecule has 1 amide bonds. The molecule has 20 heavy (non-hydrogen) atoms. The van der Waals surface area contributed by atoms with Gasteiger partial charge in [0.25, 0.3) is 5.91 Å². The summed E-state index contributed by atoms with van der Waals surface area (Å²) >= 11 is 0. The second kappa shape index (κ2) is 5.75. The van der Waals surface area contributed by atoms with Gasteiger partial charge in [0.2, 0.25) is 0 Å². The van der Waals surface area contributed by atoms with Crippen molar-refractivity contribution in [2.45, 2.75) is 19.1 Å². The van der Waals surface area contributed by atoms with E-state index < -0.39 is 6.10 Å². The van der Waals surface area contributed by atoms with Crippen molar-refractivity contribution >= 4 is 5.91 Å². The average Bonchev–Trinajstić information content (AvgIpc) is 2.92. The lowest BCUT2D eigenvalue weighted by molar-refractivity contribution is -0.141. The number of ether oxygens (including phenoxy) is 1. The lowest BCUT2D eigenvalue weighted by Gasteiger charge is -2.11. The zero-order valence-corrected chi connectivity index (χ0v) is 10.9. The molecule has 0 saturated carbocycles. The molecular weight excluding hydrogens is 254 g/mol. The van der Waals surface area contributed by atoms with Crippen molar-refractivity contribution in [1.82, 2.24) is 5.48 Å². The third kappa shape index (κ3) is 2.81. The fraction of sp³-hybridized carbons (Fsp3) is 0.188. The molecule has 2 aromatic rings. The molecule has 0 saturated heterocycles. The van der Waals surface area contributed by atoms with E-state index in [1.165, 1.54) is 0 Å². The van der Waals surface area contributed by atoms with Crippen LogP contribution in [0.25, 0.3) is 0 Å². The van der Waals surface area contributed by atoms with Gasteiger partial charge in [-0.15, -0.1) is 0 Å². The molecule has 1 atom stereocenters. The first kappa shape index (κ1) is 12.7. The van der Waals surface area contributed by atoms with Crippen molar-refractivity contribution < 1.29 is 14.4 Å². The van der Waals surface area contributed by atoms with Gasteiger partial charge in [-0.3, -0.25) is 9.63 Å². The molecule has 1 aliphatic rings. The zero-order chi connectivity index (χ0) is 13.8. The Morgan fingerprint density at radius 2 is 1.90 bits per heavy atom. The molecule has 1 aliphatic heterocycles. The van der Waals surface area contributed by atoms with Gasteiger partial charge in [-0.1, -0.05) is 48.5 Å². The third-order valence-corrected chi connectivity index (χ3v) is 3.19. The van der Waals surface area contributed by atoms with Gasteiger partial charge in [-0.25, -0.2) is 5.48 Å². The van der Waals surface area contributed by atoms with E-state index in [0.717, 1.165) is 16.9 Å². The molecule has 0 radical (unpaired) electrons. The molecule has 0 aromatic heterocycles. The molecular formula is C16H15NO3. The summed E-state index contributed by atoms with van der Waals surface area (Å²) in [5.41, 5.74) is 4.50. The monoisotopic (exact) mass is 269 g/mol. The van der Waals surface area contributed by atoms with Crippen LogP contribution in [0.3, 0.4) is 0 Å². The SMILES string of the molecule is O=C(NOCc1ccccc1)[C@@H]1Cc2ccccc2O1. The average molecular weight is 269 g/mol. The fourth-order valence-electron chi connectivity index (χ4n) is 2.16. The van der Waals surface area contributed by atoms with Gasteiger partial charge >= 0.3 is 0 Å². The van der Waals surface area contributed by atoms with Gasteiger partial charge in [0.05, 0.1) is 6.61 Å². The van der Waals surface area contributed by atoms with E-state index in [2.05, 4.69) is 5.48 Å². The number of hydrogen-bond acceptors (Lipinski definition) is 3. The molecule has 4 heteroatoms. The minimum Gasteiger partial charge on any atom is -0.480 e. The molecule has 0 fully saturated rings.